The molecule has 0 atom stereocenters. The maximum absolute atomic E-state index is 13.3. The van der Waals surface area contributed by atoms with E-state index in [1.165, 1.54) is 11.1 Å². The molecule has 0 saturated carbocycles. The maximum Gasteiger partial charge on any atom is 0.401 e. The number of benzene rings is 2. The van der Waals surface area contributed by atoms with Crippen molar-refractivity contribution in [1.29, 1.82) is 0 Å². The van der Waals surface area contributed by atoms with Gasteiger partial charge < -0.3 is 4.90 Å². The second-order valence-corrected chi connectivity index (χ2v) is 8.05. The first-order chi connectivity index (χ1) is 13.5. The van der Waals surface area contributed by atoms with Crippen molar-refractivity contribution in [3.05, 3.63) is 71.3 Å². The molecule has 0 aliphatic carbocycles. The summed E-state index contributed by atoms with van der Waals surface area (Å²) in [5, 5.41) is 0. The number of nitrogens with zero attached hydrogens (tertiary/aromatic N) is 2. The molecule has 0 amide bonds. The zero-order chi connectivity index (χ0) is 19.6. The summed E-state index contributed by atoms with van der Waals surface area (Å²) < 4.78 is 39.9. The highest BCUT2D eigenvalue weighted by atomic mass is 19.4. The van der Waals surface area contributed by atoms with Crippen LogP contribution in [0.1, 0.15) is 29.5 Å². The Balaban J connectivity index is 1.50. The lowest BCUT2D eigenvalue weighted by Crippen LogP contribution is -2.58. The summed E-state index contributed by atoms with van der Waals surface area (Å²) in [5.74, 6) is 0. The molecule has 2 nitrogen and oxygen atoms in total. The van der Waals surface area contributed by atoms with E-state index in [1.54, 1.807) is 4.90 Å². The van der Waals surface area contributed by atoms with Crippen molar-refractivity contribution in [1.82, 2.24) is 9.80 Å². The predicted octanol–water partition coefficient (Wildman–Crippen LogP) is 4.64. The molecule has 2 aliphatic rings. The number of rotatable bonds is 4. The van der Waals surface area contributed by atoms with Gasteiger partial charge in [0, 0.05) is 31.7 Å². The van der Waals surface area contributed by atoms with Crippen LogP contribution < -0.4 is 0 Å². The van der Waals surface area contributed by atoms with Crippen LogP contribution in [-0.2, 0) is 18.4 Å². The smallest absolute Gasteiger partial charge is 0.303 e. The highest BCUT2D eigenvalue weighted by Gasteiger charge is 2.47. The van der Waals surface area contributed by atoms with Crippen LogP contribution in [0.4, 0.5) is 13.2 Å². The van der Waals surface area contributed by atoms with Crippen molar-refractivity contribution < 1.29 is 13.2 Å². The van der Waals surface area contributed by atoms with Crippen molar-refractivity contribution in [3.8, 4) is 0 Å². The Kier molecular flexibility index (Phi) is 5.48. The molecule has 1 saturated heterocycles. The molecule has 2 aromatic carbocycles. The Morgan fingerprint density at radius 2 is 1.54 bits per heavy atom. The summed E-state index contributed by atoms with van der Waals surface area (Å²) in [5.41, 5.74) is 3.17. The topological polar surface area (TPSA) is 6.48 Å². The highest BCUT2D eigenvalue weighted by molar-refractivity contribution is 5.37. The zero-order valence-corrected chi connectivity index (χ0v) is 16.1. The van der Waals surface area contributed by atoms with Crippen LogP contribution in [0.2, 0.25) is 0 Å². The summed E-state index contributed by atoms with van der Waals surface area (Å²) in [6.45, 7) is 2.32. The quantitative estimate of drug-likeness (QED) is 0.753. The molecule has 0 N–H and O–H groups in total. The second kappa shape index (κ2) is 7.88. The van der Waals surface area contributed by atoms with Crippen LogP contribution in [0.3, 0.4) is 0 Å². The summed E-state index contributed by atoms with van der Waals surface area (Å²) in [4.78, 5) is 4.12. The van der Waals surface area contributed by atoms with Crippen molar-refractivity contribution >= 4 is 0 Å². The Morgan fingerprint density at radius 3 is 2.25 bits per heavy atom. The normalized spacial score (nSPS) is 20.2. The predicted molar refractivity (Wildman–Crippen MR) is 105 cm³/mol. The number of likely N-dealkylation sites (tertiary alicyclic amines) is 1. The van der Waals surface area contributed by atoms with Gasteiger partial charge in [0.1, 0.15) is 0 Å². The van der Waals surface area contributed by atoms with Crippen LogP contribution in [0.5, 0.6) is 0 Å². The lowest BCUT2D eigenvalue weighted by molar-refractivity contribution is -0.167. The standard InChI is InChI=1S/C23H27F3N2/c24-23(25,26)18-28-15-11-20-8-4-5-9-21(20)22(28)12-16-27(17-13-22)14-10-19-6-2-1-3-7-19/h1-9H,10-18H2. The van der Waals surface area contributed by atoms with Gasteiger partial charge in [-0.15, -0.1) is 0 Å². The van der Waals surface area contributed by atoms with Gasteiger partial charge in [0.05, 0.1) is 6.54 Å². The average Bonchev–Trinajstić information content (AvgIpc) is 2.70. The van der Waals surface area contributed by atoms with Crippen molar-refractivity contribution in [2.45, 2.75) is 37.4 Å². The minimum absolute atomic E-state index is 0.479. The van der Waals surface area contributed by atoms with E-state index in [0.29, 0.717) is 13.0 Å². The summed E-state index contributed by atoms with van der Waals surface area (Å²) >= 11 is 0. The van der Waals surface area contributed by atoms with E-state index >= 15 is 0 Å². The zero-order valence-electron chi connectivity index (χ0n) is 16.1. The Labute approximate surface area is 165 Å². The fraction of sp³-hybridized carbons (Fsp3) is 0.478. The first-order valence-electron chi connectivity index (χ1n) is 10.1. The first kappa shape index (κ1) is 19.5. The largest absolute Gasteiger partial charge is 0.401 e. The molecule has 0 aromatic heterocycles. The van der Waals surface area contributed by atoms with Gasteiger partial charge in [-0.1, -0.05) is 54.6 Å². The molecule has 5 heteroatoms. The number of piperidine rings is 1. The molecule has 1 fully saturated rings. The SMILES string of the molecule is FC(F)(F)CN1CCc2ccccc2C12CCN(CCc1ccccc1)CC2. The fourth-order valence-corrected chi connectivity index (χ4v) is 4.94. The Morgan fingerprint density at radius 1 is 0.857 bits per heavy atom. The summed E-state index contributed by atoms with van der Waals surface area (Å²) in [7, 11) is 0. The molecular formula is C23H27F3N2. The van der Waals surface area contributed by atoms with E-state index in [-0.39, 0.29) is 0 Å². The number of alkyl halides is 3. The van der Waals surface area contributed by atoms with Gasteiger partial charge in [0.2, 0.25) is 0 Å². The van der Waals surface area contributed by atoms with E-state index in [0.717, 1.165) is 44.5 Å². The highest BCUT2D eigenvalue weighted by Crippen LogP contribution is 2.44. The molecule has 2 heterocycles. The third-order valence-electron chi connectivity index (χ3n) is 6.39. The van der Waals surface area contributed by atoms with Gasteiger partial charge in [0.25, 0.3) is 0 Å². The minimum atomic E-state index is -4.16. The molecule has 2 aromatic rings. The first-order valence-corrected chi connectivity index (χ1v) is 10.1. The van der Waals surface area contributed by atoms with Crippen LogP contribution in [0, 0.1) is 0 Å². The molecule has 0 radical (unpaired) electrons. The Bertz CT molecular complexity index is 780. The van der Waals surface area contributed by atoms with Gasteiger partial charge in [-0.3, -0.25) is 4.90 Å². The lowest BCUT2D eigenvalue weighted by atomic mass is 9.74. The van der Waals surface area contributed by atoms with Gasteiger partial charge in [0.15, 0.2) is 0 Å². The van der Waals surface area contributed by atoms with E-state index < -0.39 is 18.3 Å². The van der Waals surface area contributed by atoms with Gasteiger partial charge in [-0.2, -0.15) is 13.2 Å². The third kappa shape index (κ3) is 4.11. The average molecular weight is 388 g/mol. The van der Waals surface area contributed by atoms with Crippen LogP contribution in [0.15, 0.2) is 54.6 Å². The van der Waals surface area contributed by atoms with Gasteiger partial charge in [-0.25, -0.2) is 0 Å². The summed E-state index contributed by atoms with van der Waals surface area (Å²) in [6.07, 6.45) is -0.962. The molecule has 4 rings (SSSR count). The second-order valence-electron chi connectivity index (χ2n) is 8.05. The van der Waals surface area contributed by atoms with Gasteiger partial charge in [-0.05, 0) is 42.4 Å². The van der Waals surface area contributed by atoms with Crippen LogP contribution in [0.25, 0.3) is 0 Å². The van der Waals surface area contributed by atoms with Crippen molar-refractivity contribution in [2.75, 3.05) is 32.7 Å². The molecule has 150 valence electrons. The van der Waals surface area contributed by atoms with E-state index in [4.69, 9.17) is 0 Å². The van der Waals surface area contributed by atoms with Crippen molar-refractivity contribution in [2.24, 2.45) is 0 Å². The van der Waals surface area contributed by atoms with E-state index in [2.05, 4.69) is 41.3 Å². The van der Waals surface area contributed by atoms with E-state index in [1.807, 2.05) is 18.2 Å². The van der Waals surface area contributed by atoms with E-state index in [9.17, 15) is 13.2 Å². The molecule has 28 heavy (non-hydrogen) atoms. The molecule has 0 bridgehead atoms. The minimum Gasteiger partial charge on any atom is -0.303 e. The van der Waals surface area contributed by atoms with Gasteiger partial charge >= 0.3 is 6.18 Å². The number of fused-ring (bicyclic) bond motifs is 2. The molecule has 1 spiro atoms. The fourth-order valence-electron chi connectivity index (χ4n) is 4.94. The monoisotopic (exact) mass is 388 g/mol. The molecule has 0 unspecified atom stereocenters. The van der Waals surface area contributed by atoms with Crippen molar-refractivity contribution in [3.63, 3.8) is 0 Å². The number of hydrogen-bond acceptors (Lipinski definition) is 2. The third-order valence-corrected chi connectivity index (χ3v) is 6.39. The number of halogens is 3. The number of hydrogen-bond donors (Lipinski definition) is 0. The molecule has 2 aliphatic heterocycles. The summed E-state index contributed by atoms with van der Waals surface area (Å²) in [6, 6.07) is 18.5. The molecular weight excluding hydrogens is 361 g/mol. The maximum atomic E-state index is 13.3. The van der Waals surface area contributed by atoms with Crippen LogP contribution in [-0.4, -0.2) is 48.7 Å². The Hall–Kier alpha value is -1.85. The van der Waals surface area contributed by atoms with Crippen LogP contribution >= 0.6 is 0 Å². The lowest BCUT2D eigenvalue weighted by Gasteiger charge is -2.52.